The third-order valence-corrected chi connectivity index (χ3v) is 3.92. The number of nitrogens with zero attached hydrogens (tertiary/aromatic N) is 3. The normalized spacial score (nSPS) is 11.0. The number of aromatic nitrogens is 3. The van der Waals surface area contributed by atoms with E-state index in [0.29, 0.717) is 11.6 Å². The highest BCUT2D eigenvalue weighted by Gasteiger charge is 2.05. The molecule has 6 heteroatoms. The second kappa shape index (κ2) is 4.59. The summed E-state index contributed by atoms with van der Waals surface area (Å²) in [5.74, 6) is 0. The second-order valence-electron chi connectivity index (χ2n) is 3.93. The third-order valence-electron chi connectivity index (χ3n) is 2.69. The molecular weight excluding hydrogens is 268 g/mol. The van der Waals surface area contributed by atoms with Crippen molar-refractivity contribution in [1.29, 1.82) is 0 Å². The minimum Gasteiger partial charge on any atom is -0.356 e. The Kier molecular flexibility index (Phi) is 2.93. The average Bonchev–Trinajstić information content (AvgIpc) is 2.92. The zero-order valence-electron chi connectivity index (χ0n) is 9.72. The highest BCUT2D eigenvalue weighted by molar-refractivity contribution is 7.22. The number of benzene rings is 1. The van der Waals surface area contributed by atoms with Gasteiger partial charge >= 0.3 is 0 Å². The highest BCUT2D eigenvalue weighted by atomic mass is 35.5. The van der Waals surface area contributed by atoms with Gasteiger partial charge in [-0.05, 0) is 24.3 Å². The van der Waals surface area contributed by atoms with Gasteiger partial charge in [0.25, 0.3) is 0 Å². The lowest BCUT2D eigenvalue weighted by atomic mass is 10.3. The van der Waals surface area contributed by atoms with E-state index in [1.165, 1.54) is 0 Å². The van der Waals surface area contributed by atoms with Crippen LogP contribution >= 0.6 is 22.9 Å². The first-order chi connectivity index (χ1) is 8.72. The topological polar surface area (TPSA) is 42.7 Å². The van der Waals surface area contributed by atoms with E-state index in [0.717, 1.165) is 21.0 Å². The van der Waals surface area contributed by atoms with Gasteiger partial charge in [-0.1, -0.05) is 22.9 Å². The number of fused-ring (bicyclic) bond motifs is 1. The van der Waals surface area contributed by atoms with Crippen LogP contribution in [0.1, 0.15) is 5.69 Å². The van der Waals surface area contributed by atoms with Crippen LogP contribution in [0.25, 0.3) is 10.2 Å². The Labute approximate surface area is 113 Å². The van der Waals surface area contributed by atoms with E-state index in [2.05, 4.69) is 15.4 Å². The average molecular weight is 279 g/mol. The number of hydrogen-bond acceptors (Lipinski definition) is 4. The van der Waals surface area contributed by atoms with Crippen LogP contribution in [0.3, 0.4) is 0 Å². The van der Waals surface area contributed by atoms with Gasteiger partial charge in [0.2, 0.25) is 0 Å². The van der Waals surface area contributed by atoms with Gasteiger partial charge in [0.1, 0.15) is 0 Å². The van der Waals surface area contributed by atoms with Gasteiger partial charge in [-0.2, -0.15) is 5.10 Å². The molecule has 2 aromatic heterocycles. The monoisotopic (exact) mass is 278 g/mol. The van der Waals surface area contributed by atoms with Gasteiger partial charge in [0, 0.05) is 18.3 Å². The maximum Gasteiger partial charge on any atom is 0.184 e. The maximum atomic E-state index is 5.94. The zero-order valence-corrected chi connectivity index (χ0v) is 11.3. The van der Waals surface area contributed by atoms with Crippen LogP contribution < -0.4 is 5.32 Å². The lowest BCUT2D eigenvalue weighted by molar-refractivity contribution is 0.720. The fourth-order valence-corrected chi connectivity index (χ4v) is 2.73. The molecule has 0 spiro atoms. The number of aryl methyl sites for hydroxylation is 1. The molecule has 0 amide bonds. The van der Waals surface area contributed by atoms with Crippen molar-refractivity contribution in [3.8, 4) is 0 Å². The molecule has 0 atom stereocenters. The summed E-state index contributed by atoms with van der Waals surface area (Å²) >= 11 is 7.56. The Hall–Kier alpha value is -1.59. The van der Waals surface area contributed by atoms with E-state index in [4.69, 9.17) is 11.6 Å². The number of halogens is 1. The molecule has 0 aliphatic rings. The van der Waals surface area contributed by atoms with Crippen molar-refractivity contribution in [2.45, 2.75) is 6.54 Å². The predicted octanol–water partition coefficient (Wildman–Crippen LogP) is 3.30. The van der Waals surface area contributed by atoms with Crippen LogP contribution in [0.5, 0.6) is 0 Å². The summed E-state index contributed by atoms with van der Waals surface area (Å²) in [7, 11) is 1.93. The molecular formula is C12H11ClN4S. The molecule has 0 radical (unpaired) electrons. The van der Waals surface area contributed by atoms with Crippen molar-refractivity contribution in [3.05, 3.63) is 41.2 Å². The SMILES string of the molecule is Cn1nccc1CNc1nc2cc(Cl)ccc2s1. The van der Waals surface area contributed by atoms with E-state index in [1.807, 2.05) is 36.0 Å². The lowest BCUT2D eigenvalue weighted by Gasteiger charge is -2.02. The minimum atomic E-state index is 0.712. The summed E-state index contributed by atoms with van der Waals surface area (Å²) in [5, 5.41) is 9.04. The molecule has 2 heterocycles. The predicted molar refractivity (Wildman–Crippen MR) is 75.2 cm³/mol. The molecule has 92 valence electrons. The molecule has 3 aromatic rings. The van der Waals surface area contributed by atoms with E-state index in [9.17, 15) is 0 Å². The maximum absolute atomic E-state index is 5.94. The fraction of sp³-hybridized carbons (Fsp3) is 0.167. The van der Waals surface area contributed by atoms with Crippen LogP contribution in [-0.2, 0) is 13.6 Å². The van der Waals surface area contributed by atoms with Gasteiger partial charge in [-0.25, -0.2) is 4.98 Å². The number of rotatable bonds is 3. The Morgan fingerprint density at radius 2 is 2.28 bits per heavy atom. The van der Waals surface area contributed by atoms with Crippen LogP contribution in [0.2, 0.25) is 5.02 Å². The largest absolute Gasteiger partial charge is 0.356 e. The van der Waals surface area contributed by atoms with Gasteiger partial charge in [-0.3, -0.25) is 4.68 Å². The number of nitrogens with one attached hydrogen (secondary N) is 1. The van der Waals surface area contributed by atoms with Crippen LogP contribution in [0.4, 0.5) is 5.13 Å². The molecule has 0 saturated heterocycles. The number of thiazole rings is 1. The Bertz CT molecular complexity index is 688. The van der Waals surface area contributed by atoms with Crippen molar-refractivity contribution in [2.24, 2.45) is 7.05 Å². The third kappa shape index (κ3) is 2.19. The molecule has 3 rings (SSSR count). The molecule has 1 N–H and O–H groups in total. The highest BCUT2D eigenvalue weighted by Crippen LogP contribution is 2.28. The quantitative estimate of drug-likeness (QED) is 0.799. The molecule has 4 nitrogen and oxygen atoms in total. The van der Waals surface area contributed by atoms with Crippen LogP contribution in [0.15, 0.2) is 30.5 Å². The molecule has 0 aliphatic carbocycles. The van der Waals surface area contributed by atoms with Crippen LogP contribution in [0, 0.1) is 0 Å². The van der Waals surface area contributed by atoms with Gasteiger partial charge in [0.05, 0.1) is 22.5 Å². The first kappa shape index (κ1) is 11.5. The lowest BCUT2D eigenvalue weighted by Crippen LogP contribution is -2.04. The summed E-state index contributed by atoms with van der Waals surface area (Å²) in [6.07, 6.45) is 1.79. The van der Waals surface area contributed by atoms with Gasteiger partial charge in [-0.15, -0.1) is 0 Å². The first-order valence-corrected chi connectivity index (χ1v) is 6.69. The van der Waals surface area contributed by atoms with Gasteiger partial charge in [0.15, 0.2) is 5.13 Å². The molecule has 1 aromatic carbocycles. The number of hydrogen-bond donors (Lipinski definition) is 1. The smallest absolute Gasteiger partial charge is 0.184 e. The van der Waals surface area contributed by atoms with Crippen molar-refractivity contribution < 1.29 is 0 Å². The molecule has 0 aliphatic heterocycles. The summed E-state index contributed by atoms with van der Waals surface area (Å²) < 4.78 is 2.98. The standard InChI is InChI=1S/C12H11ClN4S/c1-17-9(4-5-15-17)7-14-12-16-10-6-8(13)2-3-11(10)18-12/h2-6H,7H2,1H3,(H,14,16). The summed E-state index contributed by atoms with van der Waals surface area (Å²) in [4.78, 5) is 4.50. The van der Waals surface area contributed by atoms with Crippen molar-refractivity contribution in [1.82, 2.24) is 14.8 Å². The molecule has 0 saturated carbocycles. The Balaban J connectivity index is 1.81. The summed E-state index contributed by atoms with van der Waals surface area (Å²) in [5.41, 5.74) is 2.05. The van der Waals surface area contributed by atoms with Crippen molar-refractivity contribution in [2.75, 3.05) is 5.32 Å². The minimum absolute atomic E-state index is 0.712. The molecule has 0 fully saturated rings. The Morgan fingerprint density at radius 1 is 1.39 bits per heavy atom. The summed E-state index contributed by atoms with van der Waals surface area (Å²) in [6, 6.07) is 7.73. The van der Waals surface area contributed by atoms with E-state index in [1.54, 1.807) is 17.5 Å². The molecule has 0 unspecified atom stereocenters. The second-order valence-corrected chi connectivity index (χ2v) is 5.40. The van der Waals surface area contributed by atoms with Crippen LogP contribution in [-0.4, -0.2) is 14.8 Å². The molecule has 18 heavy (non-hydrogen) atoms. The van der Waals surface area contributed by atoms with E-state index in [-0.39, 0.29) is 0 Å². The molecule has 0 bridgehead atoms. The van der Waals surface area contributed by atoms with E-state index < -0.39 is 0 Å². The number of anilines is 1. The Morgan fingerprint density at radius 3 is 3.06 bits per heavy atom. The summed E-state index contributed by atoms with van der Waals surface area (Å²) in [6.45, 7) is 0.712. The first-order valence-electron chi connectivity index (χ1n) is 5.49. The fourth-order valence-electron chi connectivity index (χ4n) is 1.72. The van der Waals surface area contributed by atoms with Gasteiger partial charge < -0.3 is 5.32 Å². The van der Waals surface area contributed by atoms with Crippen molar-refractivity contribution in [3.63, 3.8) is 0 Å². The van der Waals surface area contributed by atoms with Crippen molar-refractivity contribution >= 4 is 38.3 Å². The zero-order chi connectivity index (χ0) is 12.5. The van der Waals surface area contributed by atoms with E-state index >= 15 is 0 Å².